The zero-order valence-electron chi connectivity index (χ0n) is 10.4. The molecule has 1 N–H and O–H groups in total. The lowest BCUT2D eigenvalue weighted by Crippen LogP contribution is -2.21. The number of hydrogen-bond donors (Lipinski definition) is 1. The predicted molar refractivity (Wildman–Crippen MR) is 74.2 cm³/mol. The van der Waals surface area contributed by atoms with Crippen LogP contribution in [0.25, 0.3) is 0 Å². The molecular formula is C14H21NOS. The predicted octanol–water partition coefficient (Wildman–Crippen LogP) is 2.23. The minimum Gasteiger partial charge on any atom is -0.391 e. The number of aliphatic hydroxyl groups is 1. The van der Waals surface area contributed by atoms with Gasteiger partial charge in [-0.2, -0.15) is 11.8 Å². The highest BCUT2D eigenvalue weighted by atomic mass is 32.2. The molecule has 0 amide bonds. The Morgan fingerprint density at radius 2 is 2.06 bits per heavy atom. The molecular weight excluding hydrogens is 230 g/mol. The Labute approximate surface area is 108 Å². The Morgan fingerprint density at radius 3 is 2.71 bits per heavy atom. The summed E-state index contributed by atoms with van der Waals surface area (Å²) in [5.41, 5.74) is 1.37. The number of nitrogens with zero attached hydrogens (tertiary/aromatic N) is 1. The van der Waals surface area contributed by atoms with Crippen molar-refractivity contribution in [3.8, 4) is 0 Å². The summed E-state index contributed by atoms with van der Waals surface area (Å²) in [4.78, 5) is 2.33. The number of benzene rings is 1. The van der Waals surface area contributed by atoms with Crippen molar-refractivity contribution >= 4 is 11.8 Å². The van der Waals surface area contributed by atoms with Crippen molar-refractivity contribution in [2.75, 3.05) is 25.4 Å². The molecule has 0 spiro atoms. The van der Waals surface area contributed by atoms with E-state index in [0.29, 0.717) is 5.92 Å². The molecule has 1 heterocycles. The largest absolute Gasteiger partial charge is 0.391 e. The van der Waals surface area contributed by atoms with Gasteiger partial charge in [0.1, 0.15) is 0 Å². The summed E-state index contributed by atoms with van der Waals surface area (Å²) in [6, 6.07) is 10.5. The van der Waals surface area contributed by atoms with Gasteiger partial charge in [0.2, 0.25) is 0 Å². The second-order valence-corrected chi connectivity index (χ2v) is 5.71. The van der Waals surface area contributed by atoms with E-state index in [1.165, 1.54) is 5.56 Å². The maximum Gasteiger partial charge on any atom is 0.0715 e. The highest BCUT2D eigenvalue weighted by Crippen LogP contribution is 2.23. The van der Waals surface area contributed by atoms with Crippen molar-refractivity contribution in [3.63, 3.8) is 0 Å². The number of thioether (sulfide) groups is 1. The summed E-state index contributed by atoms with van der Waals surface area (Å²) in [5.74, 6) is 2.56. The van der Waals surface area contributed by atoms with E-state index in [1.54, 1.807) is 0 Å². The van der Waals surface area contributed by atoms with Gasteiger partial charge in [-0.25, -0.2) is 0 Å². The Morgan fingerprint density at radius 1 is 1.29 bits per heavy atom. The van der Waals surface area contributed by atoms with Crippen LogP contribution < -0.4 is 0 Å². The molecule has 0 bridgehead atoms. The molecule has 0 aromatic heterocycles. The van der Waals surface area contributed by atoms with E-state index >= 15 is 0 Å². The Balaban J connectivity index is 1.72. The maximum absolute atomic E-state index is 9.93. The quantitative estimate of drug-likeness (QED) is 0.868. The molecule has 1 aliphatic heterocycles. The van der Waals surface area contributed by atoms with Gasteiger partial charge in [-0.05, 0) is 12.1 Å². The van der Waals surface area contributed by atoms with Gasteiger partial charge in [-0.1, -0.05) is 37.3 Å². The number of hydrogen-bond acceptors (Lipinski definition) is 3. The van der Waals surface area contributed by atoms with Crippen LogP contribution in [-0.4, -0.2) is 41.5 Å². The molecule has 0 saturated carbocycles. The van der Waals surface area contributed by atoms with Gasteiger partial charge < -0.3 is 10.0 Å². The molecule has 0 unspecified atom stereocenters. The Kier molecular flexibility index (Phi) is 4.89. The van der Waals surface area contributed by atoms with Crippen LogP contribution >= 0.6 is 11.8 Å². The molecule has 17 heavy (non-hydrogen) atoms. The topological polar surface area (TPSA) is 23.5 Å². The first-order valence-corrected chi connectivity index (χ1v) is 7.47. The number of aliphatic hydroxyl groups excluding tert-OH is 1. The van der Waals surface area contributed by atoms with Crippen molar-refractivity contribution in [1.82, 2.24) is 4.90 Å². The summed E-state index contributed by atoms with van der Waals surface area (Å²) in [7, 11) is 0. The molecule has 1 aromatic rings. The number of likely N-dealkylation sites (tertiary alicyclic amines) is 1. The highest BCUT2D eigenvalue weighted by molar-refractivity contribution is 7.98. The Hall–Kier alpha value is -0.510. The first-order chi connectivity index (χ1) is 8.29. The second kappa shape index (κ2) is 6.43. The van der Waals surface area contributed by atoms with E-state index in [2.05, 4.69) is 36.1 Å². The highest BCUT2D eigenvalue weighted by Gasteiger charge is 2.29. The third-order valence-corrected chi connectivity index (χ3v) is 4.57. The summed E-state index contributed by atoms with van der Waals surface area (Å²) >= 11 is 1.93. The van der Waals surface area contributed by atoms with Crippen LogP contribution in [0.4, 0.5) is 0 Å². The molecule has 0 aliphatic carbocycles. The maximum atomic E-state index is 9.93. The standard InChI is InChI=1S/C14H21NOS/c1-2-15-8-13(14(16)9-15)11-17-10-12-6-4-3-5-7-12/h3-7,13-14,16H,2,8-11H2,1H3/t13-,14+/m0/s1. The number of β-amino-alcohol motifs (C(OH)–C–C–N with tert-alkyl or cyclic N) is 1. The molecule has 2 atom stereocenters. The second-order valence-electron chi connectivity index (χ2n) is 4.68. The normalized spacial score (nSPS) is 25.3. The smallest absolute Gasteiger partial charge is 0.0715 e. The van der Waals surface area contributed by atoms with Crippen molar-refractivity contribution in [2.45, 2.75) is 18.8 Å². The van der Waals surface area contributed by atoms with E-state index in [9.17, 15) is 5.11 Å². The van der Waals surface area contributed by atoms with E-state index in [-0.39, 0.29) is 6.10 Å². The summed E-state index contributed by atoms with van der Waals surface area (Å²) in [6.45, 7) is 5.12. The minimum absolute atomic E-state index is 0.127. The van der Waals surface area contributed by atoms with Crippen molar-refractivity contribution in [2.24, 2.45) is 5.92 Å². The minimum atomic E-state index is -0.127. The summed E-state index contributed by atoms with van der Waals surface area (Å²) in [5, 5.41) is 9.93. The van der Waals surface area contributed by atoms with Gasteiger partial charge in [0.25, 0.3) is 0 Å². The van der Waals surface area contributed by atoms with Crippen LogP contribution in [0.5, 0.6) is 0 Å². The van der Waals surface area contributed by atoms with E-state index in [1.807, 2.05) is 17.8 Å². The van der Waals surface area contributed by atoms with Gasteiger partial charge in [0.05, 0.1) is 6.10 Å². The van der Waals surface area contributed by atoms with Crippen LogP contribution in [0, 0.1) is 5.92 Å². The third kappa shape index (κ3) is 3.73. The third-order valence-electron chi connectivity index (χ3n) is 3.37. The zero-order chi connectivity index (χ0) is 12.1. The van der Waals surface area contributed by atoms with Crippen LogP contribution in [0.3, 0.4) is 0 Å². The van der Waals surface area contributed by atoms with Gasteiger partial charge >= 0.3 is 0 Å². The lowest BCUT2D eigenvalue weighted by molar-refractivity contribution is 0.150. The van der Waals surface area contributed by atoms with E-state index in [0.717, 1.165) is 31.1 Å². The SMILES string of the molecule is CCN1C[C@@H](CSCc2ccccc2)[C@H](O)C1. The summed E-state index contributed by atoms with van der Waals surface area (Å²) in [6.07, 6.45) is -0.127. The van der Waals surface area contributed by atoms with E-state index in [4.69, 9.17) is 0 Å². The van der Waals surface area contributed by atoms with Gasteiger partial charge in [0.15, 0.2) is 0 Å². The van der Waals surface area contributed by atoms with Crippen molar-refractivity contribution in [3.05, 3.63) is 35.9 Å². The molecule has 1 aromatic carbocycles. The van der Waals surface area contributed by atoms with Gasteiger partial charge in [-0.15, -0.1) is 0 Å². The molecule has 94 valence electrons. The molecule has 3 heteroatoms. The van der Waals surface area contributed by atoms with Crippen LogP contribution in [0.1, 0.15) is 12.5 Å². The van der Waals surface area contributed by atoms with Crippen LogP contribution in [0.15, 0.2) is 30.3 Å². The monoisotopic (exact) mass is 251 g/mol. The molecule has 2 rings (SSSR count). The first kappa shape index (κ1) is 12.9. The Bertz CT molecular complexity index is 330. The lowest BCUT2D eigenvalue weighted by atomic mass is 10.1. The van der Waals surface area contributed by atoms with Crippen LogP contribution in [0.2, 0.25) is 0 Å². The average Bonchev–Trinajstić information content (AvgIpc) is 2.72. The zero-order valence-corrected chi connectivity index (χ0v) is 11.2. The molecule has 0 radical (unpaired) electrons. The van der Waals surface area contributed by atoms with Gasteiger partial charge in [0, 0.05) is 30.5 Å². The fraction of sp³-hybridized carbons (Fsp3) is 0.571. The molecule has 2 nitrogen and oxygen atoms in total. The average molecular weight is 251 g/mol. The fourth-order valence-corrected chi connectivity index (χ4v) is 3.44. The fourth-order valence-electron chi connectivity index (χ4n) is 2.27. The lowest BCUT2D eigenvalue weighted by Gasteiger charge is -2.13. The van der Waals surface area contributed by atoms with Crippen molar-refractivity contribution < 1.29 is 5.11 Å². The summed E-state index contributed by atoms with van der Waals surface area (Å²) < 4.78 is 0. The number of likely N-dealkylation sites (N-methyl/N-ethyl adjacent to an activating group) is 1. The number of rotatable bonds is 5. The molecule has 1 aliphatic rings. The van der Waals surface area contributed by atoms with Crippen LogP contribution in [-0.2, 0) is 5.75 Å². The first-order valence-electron chi connectivity index (χ1n) is 6.31. The molecule has 1 saturated heterocycles. The molecule has 1 fully saturated rings. The van der Waals surface area contributed by atoms with E-state index < -0.39 is 0 Å². The van der Waals surface area contributed by atoms with Crippen molar-refractivity contribution in [1.29, 1.82) is 0 Å². The van der Waals surface area contributed by atoms with Gasteiger partial charge in [-0.3, -0.25) is 0 Å².